The normalized spacial score (nSPS) is 11.0. The zero-order valence-corrected chi connectivity index (χ0v) is 8.47. The van der Waals surface area contributed by atoms with E-state index in [9.17, 15) is 25.4 Å². The molecule has 0 spiro atoms. The van der Waals surface area contributed by atoms with Crippen molar-refractivity contribution in [2.45, 2.75) is 0 Å². The zero-order valence-electron chi connectivity index (χ0n) is 8.47. The SMILES string of the molecule is C/[N+]([O-])=N/Oc1ccc([N+](=O)[O-])cc1[N+](=O)[O-]. The van der Waals surface area contributed by atoms with Crippen LogP contribution >= 0.6 is 0 Å². The lowest BCUT2D eigenvalue weighted by molar-refractivity contribution is -0.523. The van der Waals surface area contributed by atoms with Gasteiger partial charge in [0.2, 0.25) is 11.0 Å². The van der Waals surface area contributed by atoms with Gasteiger partial charge >= 0.3 is 5.69 Å². The summed E-state index contributed by atoms with van der Waals surface area (Å²) < 4.78 is 0. The average molecular weight is 242 g/mol. The molecule has 0 heterocycles. The van der Waals surface area contributed by atoms with E-state index in [-0.39, 0.29) is 10.6 Å². The second-order valence-corrected chi connectivity index (χ2v) is 2.80. The molecule has 1 rings (SSSR count). The van der Waals surface area contributed by atoms with Gasteiger partial charge in [-0.2, -0.15) is 0 Å². The summed E-state index contributed by atoms with van der Waals surface area (Å²) in [5.41, 5.74) is -1.11. The minimum Gasteiger partial charge on any atom is -0.598 e. The number of benzene rings is 1. The van der Waals surface area contributed by atoms with E-state index in [0.29, 0.717) is 0 Å². The van der Waals surface area contributed by atoms with Gasteiger partial charge in [-0.1, -0.05) is 4.86 Å². The fourth-order valence-corrected chi connectivity index (χ4v) is 0.941. The molecule has 0 fully saturated rings. The predicted octanol–water partition coefficient (Wildman–Crippen LogP) is 1.39. The first-order chi connectivity index (χ1) is 7.91. The lowest BCUT2D eigenvalue weighted by Crippen LogP contribution is -1.98. The van der Waals surface area contributed by atoms with Gasteiger partial charge in [0.05, 0.1) is 15.9 Å². The first-order valence-corrected chi connectivity index (χ1v) is 4.13. The Morgan fingerprint density at radius 1 is 1.18 bits per heavy atom. The van der Waals surface area contributed by atoms with Gasteiger partial charge < -0.3 is 5.21 Å². The van der Waals surface area contributed by atoms with E-state index >= 15 is 0 Å². The third kappa shape index (κ3) is 3.09. The molecule has 10 heteroatoms. The molecule has 0 bridgehead atoms. The van der Waals surface area contributed by atoms with E-state index in [1.165, 1.54) is 0 Å². The highest BCUT2D eigenvalue weighted by Crippen LogP contribution is 2.30. The molecule has 0 aliphatic rings. The summed E-state index contributed by atoms with van der Waals surface area (Å²) in [5, 5.41) is 34.4. The van der Waals surface area contributed by atoms with Crippen LogP contribution in [-0.2, 0) is 0 Å². The minimum atomic E-state index is -0.872. The van der Waals surface area contributed by atoms with Crippen molar-refractivity contribution in [2.75, 3.05) is 7.05 Å². The molecule has 17 heavy (non-hydrogen) atoms. The molecular weight excluding hydrogens is 236 g/mol. The van der Waals surface area contributed by atoms with E-state index < -0.39 is 21.2 Å². The Hall–Kier alpha value is -2.78. The first kappa shape index (κ1) is 12.3. The number of nitrogens with zero attached hydrogens (tertiary/aromatic N) is 4. The number of nitro benzene ring substituents is 2. The monoisotopic (exact) mass is 242 g/mol. The highest BCUT2D eigenvalue weighted by molar-refractivity contribution is 5.53. The minimum absolute atomic E-state index is 0.0468. The number of rotatable bonds is 4. The maximum absolute atomic E-state index is 10.6. The molecule has 0 saturated heterocycles. The lowest BCUT2D eigenvalue weighted by atomic mass is 10.2. The molecular formula is C7H6N4O6. The van der Waals surface area contributed by atoms with Crippen LogP contribution in [-0.4, -0.2) is 21.8 Å². The molecule has 0 atom stereocenters. The highest BCUT2D eigenvalue weighted by Gasteiger charge is 2.21. The Balaban J connectivity index is 3.18. The summed E-state index contributed by atoms with van der Waals surface area (Å²) in [5.74, 6) is -0.358. The quantitative estimate of drug-likeness (QED) is 0.339. The van der Waals surface area contributed by atoms with Crippen molar-refractivity contribution >= 4 is 11.4 Å². The molecule has 0 amide bonds. The van der Waals surface area contributed by atoms with Crippen LogP contribution in [0, 0.1) is 25.4 Å². The van der Waals surface area contributed by atoms with E-state index in [2.05, 4.69) is 10.1 Å². The van der Waals surface area contributed by atoms with Gasteiger partial charge in [-0.05, 0) is 6.07 Å². The Labute approximate surface area is 93.6 Å². The van der Waals surface area contributed by atoms with Crippen molar-refractivity contribution in [3.05, 3.63) is 43.6 Å². The fourth-order valence-electron chi connectivity index (χ4n) is 0.941. The summed E-state index contributed by atoms with van der Waals surface area (Å²) in [6, 6.07) is 2.71. The van der Waals surface area contributed by atoms with Crippen molar-refractivity contribution in [3.8, 4) is 5.75 Å². The summed E-state index contributed by atoms with van der Waals surface area (Å²) in [6.07, 6.45) is 0. The topological polar surface area (TPSA) is 134 Å². The van der Waals surface area contributed by atoms with Gasteiger partial charge in [-0.15, -0.1) is 0 Å². The fraction of sp³-hybridized carbons (Fsp3) is 0.143. The average Bonchev–Trinajstić information content (AvgIpc) is 2.25. The maximum atomic E-state index is 10.6. The third-order valence-electron chi connectivity index (χ3n) is 1.60. The number of hydroxylamine groups is 1. The number of hydrogen-bond acceptors (Lipinski definition) is 7. The summed E-state index contributed by atoms with van der Waals surface area (Å²) in [4.78, 5) is 23.9. The first-order valence-electron chi connectivity index (χ1n) is 4.13. The molecule has 1 aromatic carbocycles. The van der Waals surface area contributed by atoms with Crippen molar-refractivity contribution in [3.63, 3.8) is 0 Å². The molecule has 10 nitrogen and oxygen atoms in total. The largest absolute Gasteiger partial charge is 0.598 e. The van der Waals surface area contributed by atoms with E-state index in [1.807, 2.05) is 0 Å². The van der Waals surface area contributed by atoms with Crippen LogP contribution in [0.2, 0.25) is 0 Å². The Morgan fingerprint density at radius 3 is 2.29 bits per heavy atom. The van der Waals surface area contributed by atoms with Crippen LogP contribution in [0.3, 0.4) is 0 Å². The molecule has 0 aliphatic heterocycles. The van der Waals surface area contributed by atoms with Crippen LogP contribution < -0.4 is 4.84 Å². The van der Waals surface area contributed by atoms with E-state index in [0.717, 1.165) is 25.2 Å². The number of non-ortho nitro benzene ring substituents is 1. The molecule has 0 unspecified atom stereocenters. The number of nitro groups is 2. The Kier molecular flexibility index (Phi) is 3.49. The maximum Gasteiger partial charge on any atom is 0.321 e. The van der Waals surface area contributed by atoms with Crippen LogP contribution in [0.1, 0.15) is 0 Å². The number of hydrogen-bond donors (Lipinski definition) is 0. The Morgan fingerprint density at radius 2 is 1.82 bits per heavy atom. The zero-order chi connectivity index (χ0) is 13.0. The lowest BCUT2D eigenvalue weighted by Gasteiger charge is -1.98. The second kappa shape index (κ2) is 4.83. The van der Waals surface area contributed by atoms with Crippen LogP contribution in [0.4, 0.5) is 11.4 Å². The van der Waals surface area contributed by atoms with Gasteiger partial charge in [0, 0.05) is 6.07 Å². The molecule has 90 valence electrons. The molecule has 0 radical (unpaired) electrons. The smallest absolute Gasteiger partial charge is 0.321 e. The van der Waals surface area contributed by atoms with Crippen molar-refractivity contribution in [1.82, 2.24) is 0 Å². The van der Waals surface area contributed by atoms with Crippen LogP contribution in [0.25, 0.3) is 0 Å². The van der Waals surface area contributed by atoms with Gasteiger partial charge in [0.25, 0.3) is 5.69 Å². The highest BCUT2D eigenvalue weighted by atomic mass is 16.7. The van der Waals surface area contributed by atoms with E-state index in [1.54, 1.807) is 0 Å². The van der Waals surface area contributed by atoms with Crippen LogP contribution in [0.5, 0.6) is 5.75 Å². The van der Waals surface area contributed by atoms with Crippen molar-refractivity contribution in [1.29, 1.82) is 0 Å². The second-order valence-electron chi connectivity index (χ2n) is 2.80. The molecule has 1 aromatic rings. The summed E-state index contributed by atoms with van der Waals surface area (Å²) >= 11 is 0. The Bertz CT molecular complexity index is 495. The molecule has 0 aliphatic carbocycles. The van der Waals surface area contributed by atoms with Crippen molar-refractivity contribution in [2.24, 2.45) is 5.28 Å². The van der Waals surface area contributed by atoms with Crippen LogP contribution in [0.15, 0.2) is 23.5 Å². The summed E-state index contributed by atoms with van der Waals surface area (Å²) in [6.45, 7) is 0. The van der Waals surface area contributed by atoms with Gasteiger partial charge in [-0.25, -0.2) is 0 Å². The molecule has 0 N–H and O–H groups in total. The van der Waals surface area contributed by atoms with Gasteiger partial charge in [-0.3, -0.25) is 25.1 Å². The van der Waals surface area contributed by atoms with Crippen molar-refractivity contribution < 1.29 is 19.5 Å². The molecule has 0 saturated carbocycles. The predicted molar refractivity (Wildman–Crippen MR) is 52.4 cm³/mol. The van der Waals surface area contributed by atoms with E-state index in [4.69, 9.17) is 0 Å². The molecule has 0 aromatic heterocycles. The van der Waals surface area contributed by atoms with Gasteiger partial charge in [0.15, 0.2) is 7.05 Å². The third-order valence-corrected chi connectivity index (χ3v) is 1.60. The standard InChI is InChI=1S/C7H6N4O6/c1-9(12)8-17-7-3-2-5(10(13)14)4-6(7)11(15)16/h2-4H,1H3/b9-8-. The summed E-state index contributed by atoms with van der Waals surface area (Å²) in [7, 11) is 1.01. The van der Waals surface area contributed by atoms with Gasteiger partial charge in [0.1, 0.15) is 0 Å².